The Balaban J connectivity index is 2.05. The summed E-state index contributed by atoms with van der Waals surface area (Å²) in [6.45, 7) is 7.10. The number of hydrogen-bond acceptors (Lipinski definition) is 4. The summed E-state index contributed by atoms with van der Waals surface area (Å²) in [5.74, 6) is 1.78. The first-order valence-corrected chi connectivity index (χ1v) is 8.61. The van der Waals surface area contributed by atoms with Gasteiger partial charge < -0.3 is 0 Å². The largest absolute Gasteiger partial charge is 0.258 e. The van der Waals surface area contributed by atoms with E-state index >= 15 is 0 Å². The average molecular weight is 297 g/mol. The quantitative estimate of drug-likeness (QED) is 0.823. The van der Waals surface area contributed by atoms with Crippen molar-refractivity contribution in [2.45, 2.75) is 38.3 Å². The second-order valence-electron chi connectivity index (χ2n) is 4.93. The van der Waals surface area contributed by atoms with E-state index in [1.807, 2.05) is 29.1 Å². The molecule has 2 rings (SSSR count). The van der Waals surface area contributed by atoms with E-state index in [0.717, 1.165) is 17.2 Å². The van der Waals surface area contributed by atoms with Gasteiger partial charge in [-0.2, -0.15) is 5.10 Å². The third-order valence-corrected chi connectivity index (χ3v) is 5.63. The van der Waals surface area contributed by atoms with Gasteiger partial charge in [-0.15, -0.1) is 11.3 Å². The van der Waals surface area contributed by atoms with Gasteiger partial charge in [-0.1, -0.05) is 19.9 Å². The molecule has 0 aliphatic rings. The first kappa shape index (κ1) is 14.4. The van der Waals surface area contributed by atoms with E-state index in [1.165, 1.54) is 0 Å². The third kappa shape index (κ3) is 3.73. The van der Waals surface area contributed by atoms with E-state index in [2.05, 4.69) is 23.9 Å². The molecule has 104 valence electrons. The molecule has 2 atom stereocenters. The highest BCUT2D eigenvalue weighted by molar-refractivity contribution is 7.84. The van der Waals surface area contributed by atoms with Crippen molar-refractivity contribution in [1.29, 1.82) is 0 Å². The molecule has 4 nitrogen and oxygen atoms in total. The Hall–Kier alpha value is -1.01. The second-order valence-corrected chi connectivity index (χ2v) is 7.67. The molecule has 0 saturated carbocycles. The maximum atomic E-state index is 12.4. The normalized spacial score (nSPS) is 14.7. The molecule has 0 radical (unpaired) electrons. The van der Waals surface area contributed by atoms with Crippen LogP contribution >= 0.6 is 11.3 Å². The van der Waals surface area contributed by atoms with Gasteiger partial charge in [0.2, 0.25) is 0 Å². The molecular weight excluding hydrogens is 278 g/mol. The fourth-order valence-electron chi connectivity index (χ4n) is 1.80. The number of aromatic nitrogens is 3. The number of nitrogens with zero attached hydrogens (tertiary/aromatic N) is 3. The highest BCUT2D eigenvalue weighted by Gasteiger charge is 2.17. The minimum atomic E-state index is -0.962. The van der Waals surface area contributed by atoms with Crippen molar-refractivity contribution < 1.29 is 4.21 Å². The van der Waals surface area contributed by atoms with Crippen LogP contribution in [0.1, 0.15) is 36.7 Å². The zero-order valence-electron chi connectivity index (χ0n) is 11.4. The molecule has 2 unspecified atom stereocenters. The van der Waals surface area contributed by atoms with Gasteiger partial charge in [0, 0.05) is 22.2 Å². The average Bonchev–Trinajstić information content (AvgIpc) is 2.99. The molecule has 2 aromatic heterocycles. The summed E-state index contributed by atoms with van der Waals surface area (Å²) in [6, 6.07) is 4.03. The highest BCUT2D eigenvalue weighted by atomic mass is 32.2. The molecule has 0 fully saturated rings. The Morgan fingerprint density at radius 3 is 2.84 bits per heavy atom. The van der Waals surface area contributed by atoms with Crippen molar-refractivity contribution >= 4 is 22.1 Å². The minimum Gasteiger partial charge on any atom is -0.258 e. The molecule has 6 heteroatoms. The van der Waals surface area contributed by atoms with Crippen LogP contribution in [0.4, 0.5) is 0 Å². The van der Waals surface area contributed by atoms with Crippen molar-refractivity contribution in [3.05, 3.63) is 34.5 Å². The summed E-state index contributed by atoms with van der Waals surface area (Å²) >= 11 is 1.65. The molecule has 0 aliphatic heterocycles. The van der Waals surface area contributed by atoms with Crippen LogP contribution < -0.4 is 0 Å². The lowest BCUT2D eigenvalue weighted by Crippen LogP contribution is -2.13. The Kier molecular flexibility index (Phi) is 4.87. The summed E-state index contributed by atoms with van der Waals surface area (Å²) in [5, 5.41) is 6.27. The summed E-state index contributed by atoms with van der Waals surface area (Å²) < 4.78 is 14.2. The van der Waals surface area contributed by atoms with E-state index in [1.54, 1.807) is 17.7 Å². The Bertz CT molecular complexity index is 534. The van der Waals surface area contributed by atoms with Gasteiger partial charge >= 0.3 is 0 Å². The van der Waals surface area contributed by atoms with Crippen LogP contribution in [0.5, 0.6) is 0 Å². The van der Waals surface area contributed by atoms with E-state index < -0.39 is 10.8 Å². The van der Waals surface area contributed by atoms with Crippen molar-refractivity contribution in [3.63, 3.8) is 0 Å². The number of hydrogen-bond donors (Lipinski definition) is 0. The lowest BCUT2D eigenvalue weighted by Gasteiger charge is -2.11. The Labute approximate surface area is 120 Å². The monoisotopic (exact) mass is 297 g/mol. The second kappa shape index (κ2) is 6.43. The van der Waals surface area contributed by atoms with Crippen LogP contribution in [0.2, 0.25) is 0 Å². The molecule has 0 saturated heterocycles. The molecular formula is C13H19N3OS2. The highest BCUT2D eigenvalue weighted by Crippen LogP contribution is 2.25. The Morgan fingerprint density at radius 2 is 2.21 bits per heavy atom. The van der Waals surface area contributed by atoms with E-state index in [9.17, 15) is 4.21 Å². The van der Waals surface area contributed by atoms with E-state index in [0.29, 0.717) is 11.7 Å². The topological polar surface area (TPSA) is 47.8 Å². The lowest BCUT2D eigenvalue weighted by molar-refractivity contribution is 0.471. The van der Waals surface area contributed by atoms with Crippen molar-refractivity contribution in [2.24, 2.45) is 5.92 Å². The minimum absolute atomic E-state index is 0.0456. The zero-order chi connectivity index (χ0) is 13.8. The molecule has 0 bridgehead atoms. The maximum absolute atomic E-state index is 12.4. The predicted octanol–water partition coefficient (Wildman–Crippen LogP) is 3.01. The van der Waals surface area contributed by atoms with Crippen LogP contribution in [0, 0.1) is 5.92 Å². The first-order valence-electron chi connectivity index (χ1n) is 6.35. The van der Waals surface area contributed by atoms with Crippen LogP contribution in [0.3, 0.4) is 0 Å². The summed E-state index contributed by atoms with van der Waals surface area (Å²) in [4.78, 5) is 5.40. The predicted molar refractivity (Wildman–Crippen MR) is 79.4 cm³/mol. The van der Waals surface area contributed by atoms with Crippen LogP contribution in [-0.4, -0.2) is 19.0 Å². The maximum Gasteiger partial charge on any atom is 0.139 e. The van der Waals surface area contributed by atoms with Gasteiger partial charge in [-0.05, 0) is 24.3 Å². The molecule has 2 aromatic rings. The molecule has 19 heavy (non-hydrogen) atoms. The molecule has 0 aromatic carbocycles. The van der Waals surface area contributed by atoms with Crippen molar-refractivity contribution in [1.82, 2.24) is 14.8 Å². The molecule has 0 amide bonds. The van der Waals surface area contributed by atoms with Gasteiger partial charge in [0.25, 0.3) is 0 Å². The smallest absolute Gasteiger partial charge is 0.139 e. The summed E-state index contributed by atoms with van der Waals surface area (Å²) in [5.41, 5.74) is 0. The third-order valence-electron chi connectivity index (χ3n) is 2.84. The van der Waals surface area contributed by atoms with Crippen LogP contribution in [0.15, 0.2) is 23.8 Å². The van der Waals surface area contributed by atoms with Crippen LogP contribution in [-0.2, 0) is 23.1 Å². The van der Waals surface area contributed by atoms with Gasteiger partial charge in [0.05, 0.1) is 11.0 Å². The van der Waals surface area contributed by atoms with E-state index in [4.69, 9.17) is 0 Å². The summed E-state index contributed by atoms with van der Waals surface area (Å²) in [6.07, 6.45) is 1.55. The zero-order valence-corrected chi connectivity index (χ0v) is 13.1. The first-order chi connectivity index (χ1) is 9.08. The number of thiophene rings is 1. The van der Waals surface area contributed by atoms with Crippen molar-refractivity contribution in [2.75, 3.05) is 0 Å². The molecule has 0 aliphatic carbocycles. The lowest BCUT2D eigenvalue weighted by atomic mass is 10.2. The molecule has 0 spiro atoms. The molecule has 0 N–H and O–H groups in total. The fourth-order valence-corrected chi connectivity index (χ4v) is 4.02. The van der Waals surface area contributed by atoms with Crippen molar-refractivity contribution in [3.8, 4) is 0 Å². The standard InChI is InChI=1S/C13H19N3OS2/c1-10(2)7-16-13(14-9-15-16)8-19(17)11(3)12-5-4-6-18-12/h4-6,9-11H,7-8H2,1-3H3. The van der Waals surface area contributed by atoms with Crippen LogP contribution in [0.25, 0.3) is 0 Å². The van der Waals surface area contributed by atoms with Gasteiger partial charge in [0.1, 0.15) is 12.2 Å². The summed E-state index contributed by atoms with van der Waals surface area (Å²) in [7, 11) is -0.962. The fraction of sp³-hybridized carbons (Fsp3) is 0.538. The molecule has 2 heterocycles. The number of rotatable bonds is 6. The SMILES string of the molecule is CC(C)Cn1ncnc1CS(=O)C(C)c1cccs1. The van der Waals surface area contributed by atoms with Gasteiger partial charge in [0.15, 0.2) is 0 Å². The Morgan fingerprint density at radius 1 is 1.42 bits per heavy atom. The van der Waals surface area contributed by atoms with E-state index in [-0.39, 0.29) is 5.25 Å². The van der Waals surface area contributed by atoms with Gasteiger partial charge in [-0.3, -0.25) is 4.21 Å². The van der Waals surface area contributed by atoms with Gasteiger partial charge in [-0.25, -0.2) is 9.67 Å².